The summed E-state index contributed by atoms with van der Waals surface area (Å²) in [6, 6.07) is 7.34. The van der Waals surface area contributed by atoms with Crippen molar-refractivity contribution in [2.75, 3.05) is 26.8 Å². The third kappa shape index (κ3) is 3.55. The smallest absolute Gasteiger partial charge is 0.251 e. The van der Waals surface area contributed by atoms with E-state index in [0.29, 0.717) is 6.54 Å². The molecule has 25 heavy (non-hydrogen) atoms. The molecule has 2 fully saturated rings. The van der Waals surface area contributed by atoms with E-state index in [4.69, 9.17) is 4.74 Å². The highest BCUT2D eigenvalue weighted by atomic mass is 16.5. The lowest BCUT2D eigenvalue weighted by molar-refractivity contribution is -0.162. The van der Waals surface area contributed by atoms with Crippen LogP contribution in [0.2, 0.25) is 0 Å². The van der Waals surface area contributed by atoms with Crippen LogP contribution in [-0.2, 0) is 14.3 Å². The van der Waals surface area contributed by atoms with Crippen molar-refractivity contribution in [3.8, 4) is 0 Å². The first-order valence-corrected chi connectivity index (χ1v) is 8.78. The molecule has 3 rings (SSSR count). The quantitative estimate of drug-likeness (QED) is 0.839. The number of hydrogen-bond donors (Lipinski definition) is 2. The van der Waals surface area contributed by atoms with Gasteiger partial charge in [0.05, 0.1) is 12.6 Å². The van der Waals surface area contributed by atoms with Crippen LogP contribution in [0.25, 0.3) is 0 Å². The second-order valence-corrected chi connectivity index (χ2v) is 7.32. The number of nitrogens with zero attached hydrogens (tertiary/aromatic N) is 1. The zero-order valence-electron chi connectivity index (χ0n) is 14.8. The Bertz CT molecular complexity index is 634. The van der Waals surface area contributed by atoms with Gasteiger partial charge in [0.25, 0.3) is 5.91 Å². The van der Waals surface area contributed by atoms with E-state index in [1.807, 2.05) is 31.2 Å². The minimum absolute atomic E-state index is 0.0819. The summed E-state index contributed by atoms with van der Waals surface area (Å²) in [5, 5.41) is 12.5. The fraction of sp³-hybridized carbons (Fsp3) is 0.579. The summed E-state index contributed by atoms with van der Waals surface area (Å²) in [4.78, 5) is 26.4. The van der Waals surface area contributed by atoms with Gasteiger partial charge < -0.3 is 20.1 Å². The number of aliphatic hydroxyl groups excluding tert-OH is 1. The van der Waals surface area contributed by atoms with Gasteiger partial charge in [-0.1, -0.05) is 36.2 Å². The molecule has 0 aromatic heterocycles. The second kappa shape index (κ2) is 7.14. The van der Waals surface area contributed by atoms with Crippen molar-refractivity contribution in [1.29, 1.82) is 0 Å². The number of rotatable bonds is 5. The number of morpholine rings is 1. The van der Waals surface area contributed by atoms with E-state index in [1.165, 1.54) is 0 Å². The first kappa shape index (κ1) is 17.9. The van der Waals surface area contributed by atoms with Crippen molar-refractivity contribution in [2.24, 2.45) is 5.41 Å². The van der Waals surface area contributed by atoms with E-state index in [2.05, 4.69) is 5.32 Å². The Morgan fingerprint density at radius 3 is 2.60 bits per heavy atom. The van der Waals surface area contributed by atoms with Gasteiger partial charge in [-0.05, 0) is 25.3 Å². The first-order valence-electron chi connectivity index (χ1n) is 8.78. The largest absolute Gasteiger partial charge is 0.396 e. The average Bonchev–Trinajstić information content (AvgIpc) is 2.57. The molecule has 0 radical (unpaired) electrons. The predicted octanol–water partition coefficient (Wildman–Crippen LogP) is 1.17. The molecular weight excluding hydrogens is 320 g/mol. The molecule has 2 atom stereocenters. The molecule has 1 saturated heterocycles. The molecule has 1 aromatic rings. The molecule has 2 aliphatic rings. The molecule has 1 aromatic carbocycles. The zero-order valence-corrected chi connectivity index (χ0v) is 14.8. The average molecular weight is 346 g/mol. The molecule has 136 valence electrons. The molecule has 6 heteroatoms. The molecule has 0 bridgehead atoms. The first-order chi connectivity index (χ1) is 12.0. The molecule has 1 heterocycles. The van der Waals surface area contributed by atoms with Crippen LogP contribution in [0.3, 0.4) is 0 Å². The van der Waals surface area contributed by atoms with Gasteiger partial charge in [0.15, 0.2) is 6.10 Å². The lowest BCUT2D eigenvalue weighted by Gasteiger charge is -2.42. The standard InChI is InChI=1S/C19H26N2O4/c1-13-4-6-14(7-5-13)16-17(25-10-15(23)21(16)2)18(24)20-11-19(12-22)8-3-9-19/h4-7,16-17,22H,3,8-12H2,1-2H3,(H,20,24). The summed E-state index contributed by atoms with van der Waals surface area (Å²) in [7, 11) is 1.71. The topological polar surface area (TPSA) is 78.9 Å². The molecule has 1 aliphatic carbocycles. The van der Waals surface area contributed by atoms with Crippen LogP contribution in [0.4, 0.5) is 0 Å². The number of nitrogens with one attached hydrogen (secondary N) is 1. The van der Waals surface area contributed by atoms with Gasteiger partial charge in [-0.2, -0.15) is 0 Å². The maximum absolute atomic E-state index is 12.7. The Balaban J connectivity index is 1.75. The van der Waals surface area contributed by atoms with E-state index in [-0.39, 0.29) is 30.4 Å². The molecule has 6 nitrogen and oxygen atoms in total. The van der Waals surface area contributed by atoms with Gasteiger partial charge in [0.2, 0.25) is 5.91 Å². The van der Waals surface area contributed by atoms with Crippen molar-refractivity contribution >= 4 is 11.8 Å². The molecule has 2 amide bonds. The number of likely N-dealkylation sites (N-methyl/N-ethyl adjacent to an activating group) is 1. The lowest BCUT2D eigenvalue weighted by atomic mass is 9.69. The number of carbonyl (C=O) groups excluding carboxylic acids is 2. The maximum Gasteiger partial charge on any atom is 0.251 e. The van der Waals surface area contributed by atoms with Gasteiger partial charge in [-0.25, -0.2) is 0 Å². The van der Waals surface area contributed by atoms with Crippen LogP contribution in [-0.4, -0.2) is 54.7 Å². The Morgan fingerprint density at radius 2 is 2.04 bits per heavy atom. The summed E-state index contributed by atoms with van der Waals surface area (Å²) in [5.74, 6) is -0.370. The van der Waals surface area contributed by atoms with E-state index in [0.717, 1.165) is 30.4 Å². The van der Waals surface area contributed by atoms with Crippen molar-refractivity contribution in [3.05, 3.63) is 35.4 Å². The number of ether oxygens (including phenoxy) is 1. The zero-order chi connectivity index (χ0) is 18.0. The van der Waals surface area contributed by atoms with Crippen molar-refractivity contribution in [2.45, 2.75) is 38.3 Å². The van der Waals surface area contributed by atoms with Crippen LogP contribution < -0.4 is 5.32 Å². The van der Waals surface area contributed by atoms with Crippen molar-refractivity contribution in [3.63, 3.8) is 0 Å². The highest BCUT2D eigenvalue weighted by Gasteiger charge is 2.42. The van der Waals surface area contributed by atoms with Gasteiger partial charge >= 0.3 is 0 Å². The highest BCUT2D eigenvalue weighted by Crippen LogP contribution is 2.39. The van der Waals surface area contributed by atoms with Crippen LogP contribution >= 0.6 is 0 Å². The fourth-order valence-corrected chi connectivity index (χ4v) is 3.54. The predicted molar refractivity (Wildman–Crippen MR) is 92.8 cm³/mol. The van der Waals surface area contributed by atoms with Gasteiger partial charge in [-0.3, -0.25) is 9.59 Å². The second-order valence-electron chi connectivity index (χ2n) is 7.32. The van der Waals surface area contributed by atoms with E-state index >= 15 is 0 Å². The number of aliphatic hydroxyl groups is 1. The number of amides is 2. The van der Waals surface area contributed by atoms with Crippen LogP contribution in [0.1, 0.15) is 36.4 Å². The normalized spacial score (nSPS) is 25.4. The molecule has 0 spiro atoms. The van der Waals surface area contributed by atoms with Crippen molar-refractivity contribution in [1.82, 2.24) is 10.2 Å². The third-order valence-corrected chi connectivity index (χ3v) is 5.55. The van der Waals surface area contributed by atoms with E-state index in [9.17, 15) is 14.7 Å². The monoisotopic (exact) mass is 346 g/mol. The molecular formula is C19H26N2O4. The number of hydrogen-bond acceptors (Lipinski definition) is 4. The molecule has 2 N–H and O–H groups in total. The van der Waals surface area contributed by atoms with Gasteiger partial charge in [-0.15, -0.1) is 0 Å². The molecule has 1 saturated carbocycles. The number of carbonyl (C=O) groups is 2. The van der Waals surface area contributed by atoms with E-state index in [1.54, 1.807) is 11.9 Å². The molecule has 2 unspecified atom stereocenters. The third-order valence-electron chi connectivity index (χ3n) is 5.55. The fourth-order valence-electron chi connectivity index (χ4n) is 3.54. The minimum Gasteiger partial charge on any atom is -0.396 e. The summed E-state index contributed by atoms with van der Waals surface area (Å²) >= 11 is 0. The van der Waals surface area contributed by atoms with Crippen LogP contribution in [0, 0.1) is 12.3 Å². The number of aryl methyl sites for hydroxylation is 1. The number of benzene rings is 1. The van der Waals surface area contributed by atoms with E-state index < -0.39 is 12.1 Å². The highest BCUT2D eigenvalue weighted by molar-refractivity contribution is 5.86. The molecule has 1 aliphatic heterocycles. The summed E-state index contributed by atoms with van der Waals surface area (Å²) < 4.78 is 5.60. The Morgan fingerprint density at radius 1 is 1.36 bits per heavy atom. The minimum atomic E-state index is -0.749. The van der Waals surface area contributed by atoms with Gasteiger partial charge in [0, 0.05) is 19.0 Å². The summed E-state index contributed by atoms with van der Waals surface area (Å²) in [6.07, 6.45) is 2.19. The summed E-state index contributed by atoms with van der Waals surface area (Å²) in [5.41, 5.74) is 1.80. The Kier molecular flexibility index (Phi) is 5.11. The van der Waals surface area contributed by atoms with Crippen LogP contribution in [0.15, 0.2) is 24.3 Å². The van der Waals surface area contributed by atoms with Crippen LogP contribution in [0.5, 0.6) is 0 Å². The maximum atomic E-state index is 12.7. The lowest BCUT2D eigenvalue weighted by Crippen LogP contribution is -2.55. The Hall–Kier alpha value is -1.92. The van der Waals surface area contributed by atoms with Gasteiger partial charge in [0.1, 0.15) is 6.61 Å². The SMILES string of the molecule is Cc1ccc(C2C(C(=O)NCC3(CO)CCC3)OCC(=O)N2C)cc1. The summed E-state index contributed by atoms with van der Waals surface area (Å²) in [6.45, 7) is 2.42. The van der Waals surface area contributed by atoms with Crippen molar-refractivity contribution < 1.29 is 19.4 Å². The Labute approximate surface area is 148 Å².